The minimum Gasteiger partial charge on any atom is -0.307 e. The number of benzene rings is 1. The maximum atomic E-state index is 13.5. The van der Waals surface area contributed by atoms with Crippen molar-refractivity contribution in [1.82, 2.24) is 15.1 Å². The molecule has 2 aromatic rings. The first-order valence-corrected chi connectivity index (χ1v) is 10.2. The Kier molecular flexibility index (Phi) is 4.62. The van der Waals surface area contributed by atoms with Gasteiger partial charge in [0, 0.05) is 19.4 Å². The zero-order valence-electron chi connectivity index (χ0n) is 15.8. The number of aromatic nitrogens is 2. The van der Waals surface area contributed by atoms with E-state index in [1.165, 1.54) is 16.2 Å². The van der Waals surface area contributed by atoms with E-state index < -0.39 is 11.6 Å². The maximum Gasteiger partial charge on any atom is 0.273 e. The third-order valence-electron chi connectivity index (χ3n) is 5.22. The number of fused-ring (bicyclic) bond motifs is 3. The van der Waals surface area contributed by atoms with Crippen LogP contribution in [0.5, 0.6) is 0 Å². The van der Waals surface area contributed by atoms with Gasteiger partial charge in [0.2, 0.25) is 16.7 Å². The fraction of sp³-hybridized carbons (Fsp3) is 0.421. The Balaban J connectivity index is 1.83. The standard InChI is InChI=1S/C19H21N5O3S/c1-3-4-11-23-16(26)13-7-5-6-8-14(13)24-15(25)9-10-19(23,24)17(27)20-18-22-21-12(2)28-18/h5-8H,3-4,9-11H2,1-2H3,(H,20,22,27). The molecular formula is C19H21N5O3S. The van der Waals surface area contributed by atoms with E-state index in [9.17, 15) is 14.4 Å². The van der Waals surface area contributed by atoms with E-state index in [2.05, 4.69) is 15.5 Å². The summed E-state index contributed by atoms with van der Waals surface area (Å²) in [7, 11) is 0. The summed E-state index contributed by atoms with van der Waals surface area (Å²) in [5.74, 6) is -0.808. The second-order valence-electron chi connectivity index (χ2n) is 6.95. The van der Waals surface area contributed by atoms with Gasteiger partial charge in [-0.3, -0.25) is 24.6 Å². The summed E-state index contributed by atoms with van der Waals surface area (Å²) in [6, 6.07) is 6.98. The minimum atomic E-state index is -1.38. The molecule has 1 unspecified atom stereocenters. The van der Waals surface area contributed by atoms with Crippen LogP contribution < -0.4 is 10.2 Å². The minimum absolute atomic E-state index is 0.162. The molecule has 1 aromatic carbocycles. The lowest BCUT2D eigenvalue weighted by molar-refractivity contribution is -0.129. The molecule has 0 aliphatic carbocycles. The fourth-order valence-electron chi connectivity index (χ4n) is 3.95. The molecule has 1 atom stereocenters. The van der Waals surface area contributed by atoms with Gasteiger partial charge in [-0.1, -0.05) is 36.8 Å². The topological polar surface area (TPSA) is 95.5 Å². The molecule has 4 rings (SSSR count). The normalized spacial score (nSPS) is 20.9. The first-order chi connectivity index (χ1) is 13.5. The van der Waals surface area contributed by atoms with Crippen LogP contribution in [0.3, 0.4) is 0 Å². The number of amides is 3. The molecule has 1 aromatic heterocycles. The quantitative estimate of drug-likeness (QED) is 0.834. The first-order valence-electron chi connectivity index (χ1n) is 9.34. The van der Waals surface area contributed by atoms with Gasteiger partial charge in [0.15, 0.2) is 0 Å². The number of hydrogen-bond acceptors (Lipinski definition) is 6. The molecule has 0 saturated carbocycles. The molecule has 1 fully saturated rings. The SMILES string of the molecule is CCCCN1C(=O)c2ccccc2N2C(=O)CCC12C(=O)Nc1nnc(C)s1. The third kappa shape index (κ3) is 2.69. The number of unbranched alkanes of at least 4 members (excludes halogenated alkanes) is 1. The molecule has 2 aliphatic rings. The molecule has 9 heteroatoms. The fourth-order valence-corrected chi connectivity index (χ4v) is 4.53. The van der Waals surface area contributed by atoms with Crippen molar-refractivity contribution in [3.63, 3.8) is 0 Å². The summed E-state index contributed by atoms with van der Waals surface area (Å²) >= 11 is 1.26. The highest BCUT2D eigenvalue weighted by molar-refractivity contribution is 7.15. The number of hydrogen-bond donors (Lipinski definition) is 1. The van der Waals surface area contributed by atoms with Crippen LogP contribution in [0.1, 0.15) is 48.0 Å². The lowest BCUT2D eigenvalue weighted by Gasteiger charge is -2.49. The van der Waals surface area contributed by atoms with Crippen molar-refractivity contribution < 1.29 is 14.4 Å². The van der Waals surface area contributed by atoms with E-state index in [1.807, 2.05) is 6.92 Å². The smallest absolute Gasteiger partial charge is 0.273 e. The van der Waals surface area contributed by atoms with Crippen molar-refractivity contribution in [2.24, 2.45) is 0 Å². The molecule has 8 nitrogen and oxygen atoms in total. The first kappa shape index (κ1) is 18.5. The molecule has 0 spiro atoms. The summed E-state index contributed by atoms with van der Waals surface area (Å²) in [5.41, 5.74) is -0.438. The maximum absolute atomic E-state index is 13.5. The molecule has 1 N–H and O–H groups in total. The summed E-state index contributed by atoms with van der Waals surface area (Å²) in [6.45, 7) is 4.22. The number of nitrogens with zero attached hydrogens (tertiary/aromatic N) is 4. The highest BCUT2D eigenvalue weighted by atomic mass is 32.1. The molecule has 1 saturated heterocycles. The Morgan fingerprint density at radius 1 is 1.29 bits per heavy atom. The molecule has 3 amide bonds. The van der Waals surface area contributed by atoms with Crippen LogP contribution in [0.25, 0.3) is 0 Å². The molecule has 3 heterocycles. The van der Waals surface area contributed by atoms with Gasteiger partial charge in [-0.25, -0.2) is 0 Å². The Bertz CT molecular complexity index is 959. The molecular weight excluding hydrogens is 378 g/mol. The van der Waals surface area contributed by atoms with Crippen LogP contribution in [0, 0.1) is 6.92 Å². The molecule has 28 heavy (non-hydrogen) atoms. The predicted octanol–water partition coefficient (Wildman–Crippen LogP) is 2.56. The van der Waals surface area contributed by atoms with Gasteiger partial charge in [0.05, 0.1) is 11.3 Å². The second-order valence-corrected chi connectivity index (χ2v) is 8.14. The lowest BCUT2D eigenvalue weighted by atomic mass is 9.95. The van der Waals surface area contributed by atoms with Crippen LogP contribution in [0.4, 0.5) is 10.8 Å². The van der Waals surface area contributed by atoms with E-state index in [-0.39, 0.29) is 24.7 Å². The summed E-state index contributed by atoms with van der Waals surface area (Å²) in [5, 5.41) is 11.8. The van der Waals surface area contributed by atoms with E-state index in [1.54, 1.807) is 36.1 Å². The van der Waals surface area contributed by atoms with Crippen molar-refractivity contribution >= 4 is 39.9 Å². The number of carbonyl (C=O) groups is 3. The summed E-state index contributed by atoms with van der Waals surface area (Å²) in [6.07, 6.45) is 2.06. The van der Waals surface area contributed by atoms with Gasteiger partial charge >= 0.3 is 0 Å². The third-order valence-corrected chi connectivity index (χ3v) is 5.97. The van der Waals surface area contributed by atoms with Gasteiger partial charge in [0.25, 0.3) is 11.8 Å². The second kappa shape index (κ2) is 6.97. The van der Waals surface area contributed by atoms with Gasteiger partial charge < -0.3 is 4.90 Å². The van der Waals surface area contributed by atoms with Crippen LogP contribution in [-0.2, 0) is 9.59 Å². The van der Waals surface area contributed by atoms with Crippen LogP contribution >= 0.6 is 11.3 Å². The van der Waals surface area contributed by atoms with Gasteiger partial charge in [-0.15, -0.1) is 10.2 Å². The molecule has 0 bridgehead atoms. The van der Waals surface area contributed by atoms with Crippen molar-refractivity contribution in [1.29, 1.82) is 0 Å². The highest BCUT2D eigenvalue weighted by Crippen LogP contribution is 2.45. The molecule has 2 aliphatic heterocycles. The number of aryl methyl sites for hydroxylation is 1. The van der Waals surface area contributed by atoms with Crippen molar-refractivity contribution in [3.05, 3.63) is 34.8 Å². The van der Waals surface area contributed by atoms with Crippen LogP contribution in [0.15, 0.2) is 24.3 Å². The summed E-state index contributed by atoms with van der Waals surface area (Å²) < 4.78 is 0. The molecule has 146 valence electrons. The molecule has 0 radical (unpaired) electrons. The van der Waals surface area contributed by atoms with E-state index >= 15 is 0 Å². The zero-order valence-corrected chi connectivity index (χ0v) is 16.6. The Morgan fingerprint density at radius 2 is 2.07 bits per heavy atom. The van der Waals surface area contributed by atoms with Crippen LogP contribution in [-0.4, -0.2) is 45.0 Å². The van der Waals surface area contributed by atoms with Crippen molar-refractivity contribution in [3.8, 4) is 0 Å². The van der Waals surface area contributed by atoms with Crippen molar-refractivity contribution in [2.45, 2.75) is 45.2 Å². The predicted molar refractivity (Wildman–Crippen MR) is 105 cm³/mol. The van der Waals surface area contributed by atoms with E-state index in [4.69, 9.17) is 0 Å². The van der Waals surface area contributed by atoms with Gasteiger partial charge in [-0.05, 0) is 25.5 Å². The van der Waals surface area contributed by atoms with Crippen LogP contribution in [0.2, 0.25) is 0 Å². The Hall–Kier alpha value is -2.81. The van der Waals surface area contributed by atoms with Gasteiger partial charge in [-0.2, -0.15) is 0 Å². The van der Waals surface area contributed by atoms with Gasteiger partial charge in [0.1, 0.15) is 5.01 Å². The number of carbonyl (C=O) groups excluding carboxylic acids is 3. The number of rotatable bonds is 5. The average molecular weight is 399 g/mol. The summed E-state index contributed by atoms with van der Waals surface area (Å²) in [4.78, 5) is 42.7. The van der Waals surface area contributed by atoms with Crippen molar-refractivity contribution in [2.75, 3.05) is 16.8 Å². The zero-order chi connectivity index (χ0) is 19.9. The number of para-hydroxylation sites is 1. The van der Waals surface area contributed by atoms with E-state index in [0.717, 1.165) is 17.8 Å². The highest BCUT2D eigenvalue weighted by Gasteiger charge is 2.60. The largest absolute Gasteiger partial charge is 0.307 e. The lowest BCUT2D eigenvalue weighted by Crippen LogP contribution is -2.69. The van der Waals surface area contributed by atoms with E-state index in [0.29, 0.717) is 22.9 Å². The monoisotopic (exact) mass is 399 g/mol. The number of nitrogens with one attached hydrogen (secondary N) is 1. The Labute approximate surface area is 166 Å². The number of anilines is 2. The average Bonchev–Trinajstić information content (AvgIpc) is 3.25. The Morgan fingerprint density at radius 3 is 2.79 bits per heavy atom.